The number of fused-ring (bicyclic) bond motifs is 1. The summed E-state index contributed by atoms with van der Waals surface area (Å²) in [6.45, 7) is 3.01. The molecule has 4 rings (SSSR count). The summed E-state index contributed by atoms with van der Waals surface area (Å²) >= 11 is 0. The van der Waals surface area contributed by atoms with Crippen LogP contribution in [0.4, 0.5) is 0 Å². The summed E-state index contributed by atoms with van der Waals surface area (Å²) in [6, 6.07) is 10.6. The fraction of sp³-hybridized carbons (Fsp3) is 0.235. The molecule has 1 aliphatic heterocycles. The summed E-state index contributed by atoms with van der Waals surface area (Å²) in [4.78, 5) is 17.4. The molecule has 0 aliphatic carbocycles. The Morgan fingerprint density at radius 1 is 1.12 bits per heavy atom. The van der Waals surface area contributed by atoms with Crippen LogP contribution in [-0.2, 0) is 0 Å². The van der Waals surface area contributed by atoms with Crippen LogP contribution in [-0.4, -0.2) is 57.3 Å². The number of amides is 1. The van der Waals surface area contributed by atoms with Crippen molar-refractivity contribution in [2.75, 3.05) is 26.2 Å². The van der Waals surface area contributed by atoms with E-state index in [1.54, 1.807) is 24.3 Å². The van der Waals surface area contributed by atoms with Crippen LogP contribution in [0.15, 0.2) is 36.4 Å². The first-order chi connectivity index (χ1) is 11.7. The number of hydrogen-bond acceptors (Lipinski definition) is 5. The second-order valence-electron chi connectivity index (χ2n) is 5.78. The summed E-state index contributed by atoms with van der Waals surface area (Å²) in [7, 11) is 0. The summed E-state index contributed by atoms with van der Waals surface area (Å²) in [6.07, 6.45) is 0. The molecule has 0 spiro atoms. The van der Waals surface area contributed by atoms with Crippen molar-refractivity contribution < 1.29 is 9.90 Å². The van der Waals surface area contributed by atoms with E-state index in [0.29, 0.717) is 35.7 Å². The molecular formula is C17H17N5O2. The lowest BCUT2D eigenvalue weighted by molar-refractivity contribution is 0.0731. The van der Waals surface area contributed by atoms with Crippen LogP contribution in [0, 0.1) is 0 Å². The summed E-state index contributed by atoms with van der Waals surface area (Å²) < 4.78 is 0. The van der Waals surface area contributed by atoms with Crippen LogP contribution in [0.25, 0.3) is 22.3 Å². The Bertz CT molecular complexity index is 899. The van der Waals surface area contributed by atoms with Gasteiger partial charge in [0.1, 0.15) is 11.4 Å². The third-order valence-corrected chi connectivity index (χ3v) is 4.19. The summed E-state index contributed by atoms with van der Waals surface area (Å²) in [5.74, 6) is 0.123. The van der Waals surface area contributed by atoms with E-state index in [9.17, 15) is 9.90 Å². The molecule has 1 saturated heterocycles. The van der Waals surface area contributed by atoms with Crippen LogP contribution < -0.4 is 5.32 Å². The van der Waals surface area contributed by atoms with Crippen LogP contribution in [0.2, 0.25) is 0 Å². The van der Waals surface area contributed by atoms with E-state index in [-0.39, 0.29) is 11.7 Å². The molecular weight excluding hydrogens is 306 g/mol. The molecule has 2 aromatic heterocycles. The Morgan fingerprint density at radius 3 is 2.71 bits per heavy atom. The monoisotopic (exact) mass is 323 g/mol. The van der Waals surface area contributed by atoms with Gasteiger partial charge >= 0.3 is 0 Å². The van der Waals surface area contributed by atoms with Gasteiger partial charge in [-0.25, -0.2) is 0 Å². The molecule has 3 aromatic rings. The number of phenols is 1. The number of para-hydroxylation sites is 1. The minimum atomic E-state index is -0.0291. The van der Waals surface area contributed by atoms with Crippen LogP contribution in [0.5, 0.6) is 5.75 Å². The average molecular weight is 323 g/mol. The SMILES string of the molecule is O=C(c1cc2cc(-c3ccccc3O)nnc2[nH]1)N1CCNCC1. The fourth-order valence-electron chi connectivity index (χ4n) is 2.91. The average Bonchev–Trinajstić information content (AvgIpc) is 3.05. The topological polar surface area (TPSA) is 94.1 Å². The number of benzene rings is 1. The van der Waals surface area contributed by atoms with Gasteiger partial charge in [-0.1, -0.05) is 12.1 Å². The van der Waals surface area contributed by atoms with Crippen molar-refractivity contribution in [2.45, 2.75) is 0 Å². The molecule has 1 aromatic carbocycles. The highest BCUT2D eigenvalue weighted by Crippen LogP contribution is 2.28. The summed E-state index contributed by atoms with van der Waals surface area (Å²) in [5, 5.41) is 22.3. The zero-order valence-electron chi connectivity index (χ0n) is 13.0. The van der Waals surface area contributed by atoms with Crippen LogP contribution in [0.3, 0.4) is 0 Å². The largest absolute Gasteiger partial charge is 0.507 e. The maximum atomic E-state index is 12.6. The maximum Gasteiger partial charge on any atom is 0.270 e. The number of carbonyl (C=O) groups excluding carboxylic acids is 1. The van der Waals surface area contributed by atoms with E-state index in [1.165, 1.54) is 0 Å². The zero-order chi connectivity index (χ0) is 16.5. The number of rotatable bonds is 2. The van der Waals surface area contributed by atoms with Crippen molar-refractivity contribution in [3.05, 3.63) is 42.1 Å². The Kier molecular flexibility index (Phi) is 3.62. The normalized spacial score (nSPS) is 14.9. The Hall–Kier alpha value is -2.93. The van der Waals surface area contributed by atoms with Crippen molar-refractivity contribution >= 4 is 16.9 Å². The number of nitrogens with zero attached hydrogens (tertiary/aromatic N) is 3. The highest BCUT2D eigenvalue weighted by Gasteiger charge is 2.20. The van der Waals surface area contributed by atoms with Gasteiger partial charge in [0.15, 0.2) is 5.65 Å². The zero-order valence-corrected chi connectivity index (χ0v) is 13.0. The van der Waals surface area contributed by atoms with Gasteiger partial charge in [-0.05, 0) is 24.3 Å². The number of aromatic hydroxyl groups is 1. The second-order valence-corrected chi connectivity index (χ2v) is 5.78. The molecule has 1 amide bonds. The molecule has 0 bridgehead atoms. The highest BCUT2D eigenvalue weighted by atomic mass is 16.3. The minimum Gasteiger partial charge on any atom is -0.507 e. The van der Waals surface area contributed by atoms with Gasteiger partial charge < -0.3 is 20.3 Å². The fourth-order valence-corrected chi connectivity index (χ4v) is 2.91. The molecule has 1 aliphatic rings. The number of carbonyl (C=O) groups is 1. The third-order valence-electron chi connectivity index (χ3n) is 4.19. The maximum absolute atomic E-state index is 12.6. The van der Waals surface area contributed by atoms with E-state index in [4.69, 9.17) is 0 Å². The van der Waals surface area contributed by atoms with E-state index < -0.39 is 0 Å². The molecule has 1 fully saturated rings. The van der Waals surface area contributed by atoms with Gasteiger partial charge in [0.2, 0.25) is 0 Å². The predicted octanol–water partition coefficient (Wildman–Crippen LogP) is 1.38. The molecule has 0 radical (unpaired) electrons. The second kappa shape index (κ2) is 5.93. The molecule has 3 heterocycles. The lowest BCUT2D eigenvalue weighted by atomic mass is 10.1. The Balaban J connectivity index is 1.68. The number of piperazine rings is 1. The Morgan fingerprint density at radius 2 is 1.92 bits per heavy atom. The van der Waals surface area contributed by atoms with Gasteiger partial charge in [-0.3, -0.25) is 4.79 Å². The minimum absolute atomic E-state index is 0.0291. The third kappa shape index (κ3) is 2.59. The van der Waals surface area contributed by atoms with E-state index >= 15 is 0 Å². The Labute approximate surface area is 138 Å². The molecule has 0 unspecified atom stereocenters. The number of aromatic amines is 1. The van der Waals surface area contributed by atoms with Gasteiger partial charge in [0, 0.05) is 37.1 Å². The van der Waals surface area contributed by atoms with E-state index in [1.807, 2.05) is 17.0 Å². The first kappa shape index (κ1) is 14.6. The molecule has 122 valence electrons. The van der Waals surface area contributed by atoms with E-state index in [2.05, 4.69) is 20.5 Å². The van der Waals surface area contributed by atoms with E-state index in [0.717, 1.165) is 18.5 Å². The first-order valence-corrected chi connectivity index (χ1v) is 7.87. The van der Waals surface area contributed by atoms with Gasteiger partial charge in [0.05, 0.1) is 5.69 Å². The number of hydrogen-bond donors (Lipinski definition) is 3. The van der Waals surface area contributed by atoms with Crippen molar-refractivity contribution in [2.24, 2.45) is 0 Å². The van der Waals surface area contributed by atoms with Crippen molar-refractivity contribution in [1.82, 2.24) is 25.4 Å². The van der Waals surface area contributed by atoms with Crippen molar-refractivity contribution in [1.29, 1.82) is 0 Å². The quantitative estimate of drug-likeness (QED) is 0.662. The molecule has 0 saturated carbocycles. The lowest BCUT2D eigenvalue weighted by Crippen LogP contribution is -2.46. The van der Waals surface area contributed by atoms with Crippen LogP contribution >= 0.6 is 0 Å². The van der Waals surface area contributed by atoms with Gasteiger partial charge in [0.25, 0.3) is 5.91 Å². The number of H-pyrrole nitrogens is 1. The number of aromatic nitrogens is 3. The van der Waals surface area contributed by atoms with Crippen molar-refractivity contribution in [3.63, 3.8) is 0 Å². The number of nitrogens with one attached hydrogen (secondary N) is 2. The smallest absolute Gasteiger partial charge is 0.270 e. The first-order valence-electron chi connectivity index (χ1n) is 7.87. The predicted molar refractivity (Wildman–Crippen MR) is 89.8 cm³/mol. The van der Waals surface area contributed by atoms with Gasteiger partial charge in [-0.2, -0.15) is 0 Å². The molecule has 24 heavy (non-hydrogen) atoms. The van der Waals surface area contributed by atoms with Crippen molar-refractivity contribution in [3.8, 4) is 17.0 Å². The molecule has 7 heteroatoms. The lowest BCUT2D eigenvalue weighted by Gasteiger charge is -2.26. The summed E-state index contributed by atoms with van der Waals surface area (Å²) in [5.41, 5.74) is 2.26. The molecule has 3 N–H and O–H groups in total. The van der Waals surface area contributed by atoms with Gasteiger partial charge in [-0.15, -0.1) is 10.2 Å². The number of phenolic OH excluding ortho intramolecular Hbond substituents is 1. The van der Waals surface area contributed by atoms with Crippen LogP contribution in [0.1, 0.15) is 10.5 Å². The molecule has 0 atom stereocenters. The highest BCUT2D eigenvalue weighted by molar-refractivity contribution is 5.97. The standard InChI is InChI=1S/C17H17N5O2/c23-15-4-2-1-3-12(15)13-9-11-10-14(19-16(11)21-20-13)17(24)22-7-5-18-6-8-22/h1-4,9-10,18,23H,5-8H2,(H,19,21). The molecule has 7 nitrogen and oxygen atoms in total.